The van der Waals surface area contributed by atoms with Crippen molar-refractivity contribution in [1.82, 2.24) is 0 Å². The fraction of sp³-hybridized carbons (Fsp3) is 0.556. The number of rotatable bonds is 16. The highest BCUT2D eigenvalue weighted by molar-refractivity contribution is 7.87. The number of unbranched alkanes of at least 4 members (excludes halogenated alkanes) is 2. The van der Waals surface area contributed by atoms with E-state index in [-0.39, 0.29) is 24.7 Å². The Labute approximate surface area is 275 Å². The van der Waals surface area contributed by atoms with Crippen molar-refractivity contribution in [3.63, 3.8) is 0 Å². The van der Waals surface area contributed by atoms with E-state index in [0.717, 1.165) is 49.9 Å². The molecule has 46 heavy (non-hydrogen) atoms. The molecule has 0 bridgehead atoms. The van der Waals surface area contributed by atoms with E-state index in [1.54, 1.807) is 0 Å². The third-order valence-electron chi connectivity index (χ3n) is 8.91. The zero-order chi connectivity index (χ0) is 34.2. The van der Waals surface area contributed by atoms with Gasteiger partial charge in [0.1, 0.15) is 0 Å². The lowest BCUT2D eigenvalue weighted by Crippen LogP contribution is -2.53. The first-order valence-electron chi connectivity index (χ1n) is 16.6. The Morgan fingerprint density at radius 1 is 0.761 bits per heavy atom. The average molecular weight is 657 g/mol. The van der Waals surface area contributed by atoms with Gasteiger partial charge in [-0.05, 0) is 47.9 Å². The third kappa shape index (κ3) is 11.5. The monoisotopic (exact) mass is 656 g/mol. The van der Waals surface area contributed by atoms with Gasteiger partial charge in [-0.2, -0.15) is 8.42 Å². The first kappa shape index (κ1) is 38.8. The molecule has 2 aromatic rings. The van der Waals surface area contributed by atoms with Gasteiger partial charge >= 0.3 is 11.9 Å². The highest BCUT2D eigenvalue weighted by Gasteiger charge is 2.57. The molecule has 9 nitrogen and oxygen atoms in total. The molecule has 2 aliphatic rings. The van der Waals surface area contributed by atoms with Crippen LogP contribution in [0.1, 0.15) is 103 Å². The molecule has 0 fully saturated rings. The van der Waals surface area contributed by atoms with E-state index in [0.29, 0.717) is 25.7 Å². The Hall–Kier alpha value is -3.37. The molecule has 3 atom stereocenters. The molecule has 3 unspecified atom stereocenters. The van der Waals surface area contributed by atoms with Gasteiger partial charge in [-0.3, -0.25) is 24.1 Å². The van der Waals surface area contributed by atoms with Gasteiger partial charge < -0.3 is 10.2 Å². The molecule has 0 amide bonds. The number of para-hydroxylation sites is 2. The fourth-order valence-electron chi connectivity index (χ4n) is 6.25. The van der Waals surface area contributed by atoms with Gasteiger partial charge in [0.25, 0.3) is 10.1 Å². The number of nitrogens with zero attached hydrogens (tertiary/aromatic N) is 2. The summed E-state index contributed by atoms with van der Waals surface area (Å²) in [5.41, 5.74) is 2.91. The van der Waals surface area contributed by atoms with E-state index < -0.39 is 32.7 Å². The number of hydrogen-bond donors (Lipinski definition) is 3. The third-order valence-corrected chi connectivity index (χ3v) is 10.2. The zero-order valence-corrected chi connectivity index (χ0v) is 28.6. The largest absolute Gasteiger partial charge is 0.481 e. The Morgan fingerprint density at radius 2 is 1.17 bits per heavy atom. The summed E-state index contributed by atoms with van der Waals surface area (Å²) in [4.78, 5) is 32.6. The second kappa shape index (κ2) is 19.3. The van der Waals surface area contributed by atoms with Crippen molar-refractivity contribution in [1.29, 1.82) is 0 Å². The van der Waals surface area contributed by atoms with Gasteiger partial charge in [-0.1, -0.05) is 115 Å². The molecule has 2 aromatic carbocycles. The Kier molecular flexibility index (Phi) is 16.3. The second-order valence-electron chi connectivity index (χ2n) is 12.2. The predicted octanol–water partition coefficient (Wildman–Crippen LogP) is 8.50. The maximum absolute atomic E-state index is 12.4. The minimum Gasteiger partial charge on any atom is -0.481 e. The molecule has 0 radical (unpaired) electrons. The molecular formula is C36H52N2O7S. The number of carboxylic acid groups (broad SMARTS) is 2. The van der Waals surface area contributed by atoms with E-state index in [1.165, 1.54) is 11.1 Å². The van der Waals surface area contributed by atoms with Gasteiger partial charge in [0.15, 0.2) is 5.25 Å². The lowest BCUT2D eigenvalue weighted by atomic mass is 9.68. The quantitative estimate of drug-likeness (QED) is 0.153. The van der Waals surface area contributed by atoms with E-state index in [2.05, 4.69) is 22.1 Å². The van der Waals surface area contributed by atoms with Crippen LogP contribution in [0.3, 0.4) is 0 Å². The number of benzene rings is 2. The summed E-state index contributed by atoms with van der Waals surface area (Å²) in [7, 11) is -5.10. The molecule has 0 aliphatic carbocycles. The maximum Gasteiger partial charge on any atom is 0.325 e. The maximum atomic E-state index is 12.4. The van der Waals surface area contributed by atoms with Gasteiger partial charge in [0, 0.05) is 25.3 Å². The van der Waals surface area contributed by atoms with Gasteiger partial charge in [0.05, 0.1) is 16.8 Å². The number of fused-ring (bicyclic) bond motifs is 2. The molecule has 4 rings (SSSR count). The van der Waals surface area contributed by atoms with Crippen molar-refractivity contribution in [2.45, 2.75) is 110 Å². The normalized spacial score (nSPS) is 16.0. The van der Waals surface area contributed by atoms with Crippen LogP contribution in [0.5, 0.6) is 0 Å². The number of carboxylic acids is 2. The molecule has 0 saturated heterocycles. The van der Waals surface area contributed by atoms with Crippen molar-refractivity contribution in [2.75, 3.05) is 0 Å². The molecule has 3 N–H and O–H groups in total. The summed E-state index contributed by atoms with van der Waals surface area (Å²) in [5, 5.41) is 17.3. The van der Waals surface area contributed by atoms with Crippen molar-refractivity contribution >= 4 is 45.9 Å². The molecule has 2 aliphatic heterocycles. The fourth-order valence-corrected chi connectivity index (χ4v) is 7.37. The molecule has 2 heterocycles. The van der Waals surface area contributed by atoms with Crippen LogP contribution >= 0.6 is 0 Å². The van der Waals surface area contributed by atoms with Crippen LogP contribution < -0.4 is 0 Å². The second-order valence-corrected chi connectivity index (χ2v) is 13.7. The Morgan fingerprint density at radius 3 is 1.48 bits per heavy atom. The van der Waals surface area contributed by atoms with E-state index in [9.17, 15) is 32.8 Å². The summed E-state index contributed by atoms with van der Waals surface area (Å²) in [6, 6.07) is 16.4. The van der Waals surface area contributed by atoms with Crippen LogP contribution in [-0.4, -0.2) is 52.8 Å². The lowest BCUT2D eigenvalue weighted by Gasteiger charge is -2.38. The minimum atomic E-state index is -5.10. The Bertz CT molecular complexity index is 1350. The Balaban J connectivity index is 0.000000320. The topological polar surface area (TPSA) is 154 Å². The van der Waals surface area contributed by atoms with Crippen molar-refractivity contribution in [3.05, 3.63) is 59.7 Å². The summed E-state index contributed by atoms with van der Waals surface area (Å²) in [6.07, 6.45) is 11.9. The number of aliphatic carboxylic acids is 2. The van der Waals surface area contributed by atoms with Crippen LogP contribution in [0.4, 0.5) is 11.4 Å². The first-order chi connectivity index (χ1) is 21.9. The van der Waals surface area contributed by atoms with E-state index in [4.69, 9.17) is 0 Å². The van der Waals surface area contributed by atoms with E-state index >= 15 is 0 Å². The first-order valence-corrected chi connectivity index (χ1v) is 18.1. The van der Waals surface area contributed by atoms with Gasteiger partial charge in [-0.25, -0.2) is 0 Å². The van der Waals surface area contributed by atoms with Crippen molar-refractivity contribution in [2.24, 2.45) is 27.2 Å². The molecule has 0 aromatic heterocycles. The molecule has 254 valence electrons. The number of carbonyl (C=O) groups is 2. The smallest absolute Gasteiger partial charge is 0.325 e. The van der Waals surface area contributed by atoms with Crippen molar-refractivity contribution in [3.8, 4) is 0 Å². The summed E-state index contributed by atoms with van der Waals surface area (Å²) >= 11 is 0. The summed E-state index contributed by atoms with van der Waals surface area (Å²) in [5.74, 6) is -3.50. The van der Waals surface area contributed by atoms with Gasteiger partial charge in [0.2, 0.25) is 0 Å². The minimum absolute atomic E-state index is 0.0712. The van der Waals surface area contributed by atoms with Crippen molar-refractivity contribution < 1.29 is 32.8 Å². The van der Waals surface area contributed by atoms with Crippen LogP contribution in [0.15, 0.2) is 58.5 Å². The van der Waals surface area contributed by atoms with E-state index in [1.807, 2.05) is 76.5 Å². The van der Waals surface area contributed by atoms with Crippen LogP contribution in [0.25, 0.3) is 0 Å². The SMILES string of the molecule is C1=Nc2ccccc2C1.C1=Nc2ccccc2C1.CCCCC(CC)CC(CC(CC)CCCC)(C(=O)O)C(C(=O)O)S(=O)(=O)O. The lowest BCUT2D eigenvalue weighted by molar-refractivity contribution is -0.158. The van der Waals surface area contributed by atoms with Crippen LogP contribution in [0, 0.1) is 17.3 Å². The summed E-state index contributed by atoms with van der Waals surface area (Å²) in [6.45, 7) is 7.80. The highest BCUT2D eigenvalue weighted by Crippen LogP contribution is 2.44. The molecular weight excluding hydrogens is 604 g/mol. The summed E-state index contributed by atoms with van der Waals surface area (Å²) < 4.78 is 33.7. The molecule has 0 spiro atoms. The molecule has 0 saturated carbocycles. The highest BCUT2D eigenvalue weighted by atomic mass is 32.2. The predicted molar refractivity (Wildman–Crippen MR) is 185 cm³/mol. The van der Waals surface area contributed by atoms with Crippen LogP contribution in [0.2, 0.25) is 0 Å². The number of aliphatic imine (C=N–C) groups is 2. The van der Waals surface area contributed by atoms with Crippen LogP contribution in [-0.2, 0) is 32.5 Å². The zero-order valence-electron chi connectivity index (χ0n) is 27.8. The molecule has 10 heteroatoms. The standard InChI is InChI=1S/C20H38O7S.2C8H7N/c1-5-9-11-15(7-3)13-20(19(23)24,14-16(8-4)12-10-6-2)17(18(21)22)28(25,26)27;2*1-2-4-8-7(3-1)5-6-9-8/h15-17H,5-14H2,1-4H3,(H,21,22)(H,23,24)(H,25,26,27);2*1-4,6H,5H2. The average Bonchev–Trinajstić information content (AvgIpc) is 3.70. The van der Waals surface area contributed by atoms with Gasteiger partial charge in [-0.15, -0.1) is 0 Å². The number of hydrogen-bond acceptors (Lipinski definition) is 6.